The number of hydrogen-bond donors (Lipinski definition) is 2. The number of benzene rings is 1. The number of hydrogen-bond acceptors (Lipinski definition) is 5. The fraction of sp³-hybridized carbons (Fsp3) is 0.526. The zero-order valence-corrected chi connectivity index (χ0v) is 19.3. The molecule has 1 aromatic heterocycles. The lowest BCUT2D eigenvalue weighted by molar-refractivity contribution is 0.177. The van der Waals surface area contributed by atoms with Gasteiger partial charge >= 0.3 is 0 Å². The molecule has 2 N–H and O–H groups in total. The Morgan fingerprint density at radius 2 is 2.10 bits per heavy atom. The summed E-state index contributed by atoms with van der Waals surface area (Å²) in [7, 11) is 4.93. The van der Waals surface area contributed by atoms with Gasteiger partial charge in [0.05, 0.1) is 13.2 Å². The number of nitrogens with zero attached hydrogens (tertiary/aromatic N) is 4. The van der Waals surface area contributed by atoms with E-state index < -0.39 is 0 Å². The molecule has 1 aliphatic rings. The lowest BCUT2D eigenvalue weighted by Crippen LogP contribution is -2.46. The number of nitrogens with one attached hydrogen (secondary N) is 2. The van der Waals surface area contributed by atoms with E-state index in [1.165, 1.54) is 6.07 Å². The maximum absolute atomic E-state index is 13.7. The first-order chi connectivity index (χ1) is 13.6. The molecule has 0 bridgehead atoms. The second-order valence-electron chi connectivity index (χ2n) is 6.72. The molecule has 2 aromatic rings. The van der Waals surface area contributed by atoms with Crippen LogP contribution in [0.5, 0.6) is 0 Å². The number of methoxy groups -OCH3 is 2. The number of ether oxygens (including phenoxy) is 2. The Bertz CT molecular complexity index is 829. The molecule has 1 aromatic carbocycles. The van der Waals surface area contributed by atoms with Crippen LogP contribution in [0.4, 0.5) is 4.39 Å². The molecule has 0 saturated carbocycles. The normalized spacial score (nSPS) is 16.1. The summed E-state index contributed by atoms with van der Waals surface area (Å²) in [5.74, 6) is 2.14. The van der Waals surface area contributed by atoms with E-state index >= 15 is 0 Å². The molecule has 0 saturated heterocycles. The van der Waals surface area contributed by atoms with Gasteiger partial charge in [-0.05, 0) is 24.1 Å². The lowest BCUT2D eigenvalue weighted by Gasteiger charge is -2.25. The summed E-state index contributed by atoms with van der Waals surface area (Å²) in [6.07, 6.45) is 1.80. The van der Waals surface area contributed by atoms with E-state index in [0.717, 1.165) is 30.8 Å². The van der Waals surface area contributed by atoms with Crippen molar-refractivity contribution in [1.29, 1.82) is 0 Å². The van der Waals surface area contributed by atoms with Crippen molar-refractivity contribution in [2.24, 2.45) is 4.99 Å². The molecule has 1 aliphatic heterocycles. The van der Waals surface area contributed by atoms with Gasteiger partial charge in [-0.2, -0.15) is 5.10 Å². The number of guanidine groups is 1. The zero-order valence-electron chi connectivity index (χ0n) is 16.9. The highest BCUT2D eigenvalue weighted by atomic mass is 127. The van der Waals surface area contributed by atoms with E-state index in [2.05, 4.69) is 25.7 Å². The van der Waals surface area contributed by atoms with E-state index in [9.17, 15) is 4.39 Å². The number of rotatable bonds is 7. The van der Waals surface area contributed by atoms with E-state index in [0.29, 0.717) is 30.5 Å². The van der Waals surface area contributed by atoms with E-state index in [1.807, 2.05) is 4.68 Å². The average molecular weight is 518 g/mol. The Hall–Kier alpha value is -1.79. The van der Waals surface area contributed by atoms with Gasteiger partial charge in [0.15, 0.2) is 11.8 Å². The number of aromatic nitrogens is 3. The quantitative estimate of drug-likeness (QED) is 0.332. The number of halogens is 2. The van der Waals surface area contributed by atoms with Gasteiger partial charge in [0.1, 0.15) is 18.2 Å². The largest absolute Gasteiger partial charge is 0.380 e. The molecule has 0 aliphatic carbocycles. The third kappa shape index (κ3) is 6.34. The van der Waals surface area contributed by atoms with Gasteiger partial charge in [-0.3, -0.25) is 4.99 Å². The monoisotopic (exact) mass is 518 g/mol. The molecule has 8 nitrogen and oxygen atoms in total. The van der Waals surface area contributed by atoms with Gasteiger partial charge in [-0.1, -0.05) is 6.07 Å². The molecule has 29 heavy (non-hydrogen) atoms. The van der Waals surface area contributed by atoms with Gasteiger partial charge in [0, 0.05) is 45.8 Å². The first-order valence-electron chi connectivity index (χ1n) is 9.28. The van der Waals surface area contributed by atoms with Gasteiger partial charge < -0.3 is 20.1 Å². The summed E-state index contributed by atoms with van der Waals surface area (Å²) in [5, 5.41) is 11.2. The van der Waals surface area contributed by atoms with Crippen LogP contribution in [0.1, 0.15) is 29.2 Å². The minimum absolute atomic E-state index is 0. The summed E-state index contributed by atoms with van der Waals surface area (Å²) < 4.78 is 25.8. The Labute approximate surface area is 187 Å². The standard InChI is InChI=1S/C19H27FN6O2.HI/c1-21-19(22-9-13-4-6-16(20)14(8-13)11-27-2)23-15-5-7-18-24-17(12-28-3)25-26(18)10-15;/h4,6,8,15H,5,7,9-12H2,1-3H3,(H2,21,22,23);1H. The van der Waals surface area contributed by atoms with Gasteiger partial charge in [0.2, 0.25) is 0 Å². The third-order valence-corrected chi connectivity index (χ3v) is 4.61. The fourth-order valence-corrected chi connectivity index (χ4v) is 3.25. The summed E-state index contributed by atoms with van der Waals surface area (Å²) in [6, 6.07) is 5.23. The molecule has 1 atom stereocenters. The van der Waals surface area contributed by atoms with Gasteiger partial charge in [-0.15, -0.1) is 24.0 Å². The van der Waals surface area contributed by atoms with Crippen molar-refractivity contribution in [1.82, 2.24) is 25.4 Å². The van der Waals surface area contributed by atoms with Crippen LogP contribution in [-0.4, -0.2) is 48.0 Å². The summed E-state index contributed by atoms with van der Waals surface area (Å²) in [4.78, 5) is 8.79. The van der Waals surface area contributed by atoms with Crippen molar-refractivity contribution >= 4 is 29.9 Å². The van der Waals surface area contributed by atoms with Crippen molar-refractivity contribution in [3.8, 4) is 0 Å². The molecule has 10 heteroatoms. The van der Waals surface area contributed by atoms with Crippen molar-refractivity contribution in [3.63, 3.8) is 0 Å². The van der Waals surface area contributed by atoms with E-state index in [-0.39, 0.29) is 42.4 Å². The minimum atomic E-state index is -0.258. The van der Waals surface area contributed by atoms with E-state index in [4.69, 9.17) is 9.47 Å². The van der Waals surface area contributed by atoms with Crippen molar-refractivity contribution < 1.29 is 13.9 Å². The highest BCUT2D eigenvalue weighted by Crippen LogP contribution is 2.14. The highest BCUT2D eigenvalue weighted by Gasteiger charge is 2.22. The Morgan fingerprint density at radius 3 is 2.83 bits per heavy atom. The molecular formula is C19H28FIN6O2. The number of fused-ring (bicyclic) bond motifs is 1. The number of aliphatic imine (C=N–C) groups is 1. The second kappa shape index (κ2) is 11.4. The smallest absolute Gasteiger partial charge is 0.191 e. The van der Waals surface area contributed by atoms with E-state index in [1.54, 1.807) is 33.4 Å². The zero-order chi connectivity index (χ0) is 19.9. The molecule has 0 amide bonds. The van der Waals surface area contributed by atoms with Crippen LogP contribution in [0.2, 0.25) is 0 Å². The van der Waals surface area contributed by atoms with Gasteiger partial charge in [-0.25, -0.2) is 14.1 Å². The molecule has 0 radical (unpaired) electrons. The van der Waals surface area contributed by atoms with Crippen LogP contribution in [0, 0.1) is 5.82 Å². The summed E-state index contributed by atoms with van der Waals surface area (Å²) >= 11 is 0. The molecule has 3 rings (SSSR count). The predicted octanol–water partition coefficient (Wildman–Crippen LogP) is 2.01. The van der Waals surface area contributed by atoms with Crippen molar-refractivity contribution in [3.05, 3.63) is 46.8 Å². The molecular weight excluding hydrogens is 490 g/mol. The fourth-order valence-electron chi connectivity index (χ4n) is 3.25. The van der Waals surface area contributed by atoms with Crippen LogP contribution in [0.15, 0.2) is 23.2 Å². The average Bonchev–Trinajstić information content (AvgIpc) is 3.09. The van der Waals surface area contributed by atoms with Crippen LogP contribution < -0.4 is 10.6 Å². The van der Waals surface area contributed by atoms with Crippen molar-refractivity contribution in [2.75, 3.05) is 21.3 Å². The first kappa shape index (κ1) is 23.5. The summed E-state index contributed by atoms with van der Waals surface area (Å²) in [5.41, 5.74) is 1.51. The van der Waals surface area contributed by atoms with Crippen LogP contribution >= 0.6 is 24.0 Å². The van der Waals surface area contributed by atoms with Crippen LogP contribution in [0.3, 0.4) is 0 Å². The molecule has 160 valence electrons. The minimum Gasteiger partial charge on any atom is -0.380 e. The highest BCUT2D eigenvalue weighted by molar-refractivity contribution is 14.0. The Morgan fingerprint density at radius 1 is 1.31 bits per heavy atom. The topological polar surface area (TPSA) is 85.6 Å². The maximum Gasteiger partial charge on any atom is 0.191 e. The Balaban J connectivity index is 0.00000300. The molecule has 0 spiro atoms. The Kier molecular flexibility index (Phi) is 9.24. The summed E-state index contributed by atoms with van der Waals surface area (Å²) in [6.45, 7) is 1.93. The first-order valence-corrected chi connectivity index (χ1v) is 9.28. The lowest BCUT2D eigenvalue weighted by atomic mass is 10.1. The molecule has 0 fully saturated rings. The molecule has 2 heterocycles. The van der Waals surface area contributed by atoms with Crippen molar-refractivity contribution in [2.45, 2.75) is 45.2 Å². The van der Waals surface area contributed by atoms with Crippen LogP contribution in [-0.2, 0) is 42.2 Å². The predicted molar refractivity (Wildman–Crippen MR) is 119 cm³/mol. The maximum atomic E-state index is 13.7. The number of aryl methyl sites for hydroxylation is 1. The van der Waals surface area contributed by atoms with Gasteiger partial charge in [0.25, 0.3) is 0 Å². The molecule has 1 unspecified atom stereocenters. The third-order valence-electron chi connectivity index (χ3n) is 4.61. The SMILES string of the molecule is CN=C(NCc1ccc(F)c(COC)c1)NC1CCc2nc(COC)nn2C1.I. The van der Waals surface area contributed by atoms with Crippen LogP contribution in [0.25, 0.3) is 0 Å². The second-order valence-corrected chi connectivity index (χ2v) is 6.72.